The zero-order chi connectivity index (χ0) is 19.6. The molecule has 28 heavy (non-hydrogen) atoms. The molecule has 0 atom stereocenters. The smallest absolute Gasteiger partial charge is 0.119 e. The van der Waals surface area contributed by atoms with Crippen molar-refractivity contribution in [2.75, 3.05) is 6.61 Å². The van der Waals surface area contributed by atoms with Crippen LogP contribution >= 0.6 is 12.2 Å². The van der Waals surface area contributed by atoms with Gasteiger partial charge in [0, 0.05) is 0 Å². The molecule has 1 aromatic rings. The lowest BCUT2D eigenvalue weighted by atomic mass is 9.69. The van der Waals surface area contributed by atoms with Crippen molar-refractivity contribution in [3.05, 3.63) is 24.3 Å². The molecule has 2 aliphatic rings. The second-order valence-electron chi connectivity index (χ2n) is 9.07. The van der Waals surface area contributed by atoms with Gasteiger partial charge in [-0.25, -0.2) is 0 Å². The molecule has 0 saturated heterocycles. The van der Waals surface area contributed by atoms with Gasteiger partial charge in [-0.1, -0.05) is 45.4 Å². The molecule has 0 bridgehead atoms. The third-order valence-corrected chi connectivity index (χ3v) is 7.25. The molecular weight excluding hydrogens is 362 g/mol. The van der Waals surface area contributed by atoms with Gasteiger partial charge in [0.25, 0.3) is 0 Å². The highest BCUT2D eigenvalue weighted by atomic mass is 32.1. The summed E-state index contributed by atoms with van der Waals surface area (Å²) in [5, 5.41) is 2.40. The number of isothiocyanates is 1. The van der Waals surface area contributed by atoms with Gasteiger partial charge in [-0.3, -0.25) is 0 Å². The molecule has 154 valence electrons. The van der Waals surface area contributed by atoms with Crippen LogP contribution in [0.3, 0.4) is 0 Å². The SMILES string of the molecule is CCCCC[C@H]1CC[C@H](C2CCC(COc3ccc(N=C=S)cc3)CC2)CC1. The number of aliphatic imine (C=N–C) groups is 1. The van der Waals surface area contributed by atoms with Gasteiger partial charge in [-0.2, -0.15) is 4.99 Å². The Balaban J connectivity index is 1.33. The minimum absolute atomic E-state index is 0.723. The van der Waals surface area contributed by atoms with Gasteiger partial charge < -0.3 is 4.74 Å². The van der Waals surface area contributed by atoms with E-state index < -0.39 is 0 Å². The van der Waals surface area contributed by atoms with Crippen LogP contribution < -0.4 is 4.74 Å². The summed E-state index contributed by atoms with van der Waals surface area (Å²) >= 11 is 4.64. The summed E-state index contributed by atoms with van der Waals surface area (Å²) in [5.41, 5.74) is 0.836. The maximum absolute atomic E-state index is 6.03. The van der Waals surface area contributed by atoms with E-state index in [1.54, 1.807) is 0 Å². The molecule has 0 amide bonds. The molecule has 2 fully saturated rings. The number of hydrogen-bond acceptors (Lipinski definition) is 3. The van der Waals surface area contributed by atoms with Crippen molar-refractivity contribution in [1.82, 2.24) is 0 Å². The largest absolute Gasteiger partial charge is 0.493 e. The maximum Gasteiger partial charge on any atom is 0.119 e. The maximum atomic E-state index is 6.03. The van der Waals surface area contributed by atoms with Gasteiger partial charge >= 0.3 is 0 Å². The van der Waals surface area contributed by atoms with Gasteiger partial charge in [0.15, 0.2) is 0 Å². The second-order valence-corrected chi connectivity index (χ2v) is 9.25. The summed E-state index contributed by atoms with van der Waals surface area (Å²) in [5.74, 6) is 4.69. The summed E-state index contributed by atoms with van der Waals surface area (Å²) < 4.78 is 6.03. The minimum atomic E-state index is 0.723. The third-order valence-electron chi connectivity index (χ3n) is 7.16. The molecule has 3 heteroatoms. The Morgan fingerprint density at radius 2 is 1.50 bits per heavy atom. The first-order valence-electron chi connectivity index (χ1n) is 11.6. The van der Waals surface area contributed by atoms with E-state index in [1.807, 2.05) is 24.3 Å². The Morgan fingerprint density at radius 1 is 0.893 bits per heavy atom. The number of hydrogen-bond donors (Lipinski definition) is 0. The lowest BCUT2D eigenvalue weighted by Crippen LogP contribution is -2.27. The fraction of sp³-hybridized carbons (Fsp3) is 0.720. The van der Waals surface area contributed by atoms with E-state index in [9.17, 15) is 0 Å². The summed E-state index contributed by atoms with van der Waals surface area (Å²) in [6, 6.07) is 7.83. The number of thiocarbonyl (C=S) groups is 1. The van der Waals surface area contributed by atoms with Gasteiger partial charge in [0.05, 0.1) is 17.5 Å². The number of nitrogens with zero attached hydrogens (tertiary/aromatic N) is 1. The first kappa shape index (κ1) is 21.5. The van der Waals surface area contributed by atoms with Crippen LogP contribution in [0.2, 0.25) is 0 Å². The molecule has 0 radical (unpaired) electrons. The van der Waals surface area contributed by atoms with Crippen molar-refractivity contribution in [1.29, 1.82) is 0 Å². The van der Waals surface area contributed by atoms with E-state index >= 15 is 0 Å². The van der Waals surface area contributed by atoms with Crippen molar-refractivity contribution in [3.8, 4) is 5.75 Å². The highest BCUT2D eigenvalue weighted by Crippen LogP contribution is 2.42. The molecule has 2 nitrogen and oxygen atoms in total. The molecule has 3 rings (SSSR count). The predicted molar refractivity (Wildman–Crippen MR) is 122 cm³/mol. The molecule has 0 unspecified atom stereocenters. The first-order chi connectivity index (χ1) is 13.8. The van der Waals surface area contributed by atoms with E-state index in [1.165, 1.54) is 77.0 Å². The van der Waals surface area contributed by atoms with Crippen LogP contribution in [-0.4, -0.2) is 11.8 Å². The zero-order valence-corrected chi connectivity index (χ0v) is 18.4. The highest BCUT2D eigenvalue weighted by molar-refractivity contribution is 7.78. The van der Waals surface area contributed by atoms with Crippen molar-refractivity contribution in [2.45, 2.75) is 84.0 Å². The lowest BCUT2D eigenvalue weighted by molar-refractivity contribution is 0.121. The Morgan fingerprint density at radius 3 is 2.07 bits per heavy atom. The van der Waals surface area contributed by atoms with Crippen LogP contribution in [0, 0.1) is 23.7 Å². The summed E-state index contributed by atoms with van der Waals surface area (Å²) in [6.07, 6.45) is 17.3. The predicted octanol–water partition coefficient (Wildman–Crippen LogP) is 7.99. The van der Waals surface area contributed by atoms with E-state index in [2.05, 4.69) is 29.3 Å². The van der Waals surface area contributed by atoms with Crippen molar-refractivity contribution < 1.29 is 4.74 Å². The minimum Gasteiger partial charge on any atom is -0.493 e. The van der Waals surface area contributed by atoms with E-state index in [0.717, 1.165) is 41.7 Å². The summed E-state index contributed by atoms with van der Waals surface area (Å²) in [4.78, 5) is 3.98. The van der Waals surface area contributed by atoms with Gasteiger partial charge in [0.1, 0.15) is 5.75 Å². The van der Waals surface area contributed by atoms with Crippen LogP contribution in [0.4, 0.5) is 5.69 Å². The zero-order valence-electron chi connectivity index (χ0n) is 17.6. The van der Waals surface area contributed by atoms with E-state index in [0.29, 0.717) is 0 Å². The topological polar surface area (TPSA) is 21.6 Å². The first-order valence-corrected chi connectivity index (χ1v) is 12.0. The third kappa shape index (κ3) is 6.71. The summed E-state index contributed by atoms with van der Waals surface area (Å²) in [6.45, 7) is 3.17. The van der Waals surface area contributed by atoms with Gasteiger partial charge in [-0.05, 0) is 98.7 Å². The standard InChI is InChI=1S/C25H37NOS/c1-2-3-4-5-20-6-10-22(11-7-20)23-12-8-21(9-13-23)18-27-25-16-14-24(15-17-25)26-19-28/h14-17,20-23H,2-13,18H2,1H3/t20-,21?,22-,23?. The average molecular weight is 400 g/mol. The number of ether oxygens (including phenoxy) is 1. The average Bonchev–Trinajstić information content (AvgIpc) is 2.75. The molecule has 0 aromatic heterocycles. The molecule has 2 aliphatic carbocycles. The molecule has 1 aromatic carbocycles. The molecular formula is C25H37NOS. The van der Waals surface area contributed by atoms with E-state index in [-0.39, 0.29) is 0 Å². The molecule has 0 N–H and O–H groups in total. The quantitative estimate of drug-likeness (QED) is 0.238. The van der Waals surface area contributed by atoms with Crippen LogP contribution in [0.1, 0.15) is 84.0 Å². The Bertz CT molecular complexity index is 606. The molecule has 0 spiro atoms. The number of rotatable bonds is 9. The van der Waals surface area contributed by atoms with E-state index in [4.69, 9.17) is 4.74 Å². The van der Waals surface area contributed by atoms with Crippen LogP contribution in [0.25, 0.3) is 0 Å². The Hall–Kier alpha value is -1.18. The van der Waals surface area contributed by atoms with Crippen molar-refractivity contribution >= 4 is 23.1 Å². The van der Waals surface area contributed by atoms with Gasteiger partial charge in [-0.15, -0.1) is 0 Å². The molecule has 0 heterocycles. The van der Waals surface area contributed by atoms with Gasteiger partial charge in [0.2, 0.25) is 0 Å². The number of benzene rings is 1. The molecule has 2 saturated carbocycles. The van der Waals surface area contributed by atoms with Crippen LogP contribution in [-0.2, 0) is 0 Å². The van der Waals surface area contributed by atoms with Crippen LogP contribution in [0.15, 0.2) is 29.3 Å². The van der Waals surface area contributed by atoms with Crippen molar-refractivity contribution in [2.24, 2.45) is 28.7 Å². The highest BCUT2D eigenvalue weighted by Gasteiger charge is 2.30. The Kier molecular flexibility index (Phi) is 9.02. The lowest BCUT2D eigenvalue weighted by Gasteiger charge is -2.38. The normalized spacial score (nSPS) is 27.8. The second kappa shape index (κ2) is 11.7. The monoisotopic (exact) mass is 399 g/mol. The fourth-order valence-electron chi connectivity index (χ4n) is 5.34. The van der Waals surface area contributed by atoms with Crippen LogP contribution in [0.5, 0.6) is 5.75 Å². The Labute approximate surface area is 177 Å². The molecule has 0 aliphatic heterocycles. The van der Waals surface area contributed by atoms with Crippen molar-refractivity contribution in [3.63, 3.8) is 0 Å². The number of unbranched alkanes of at least 4 members (excludes halogenated alkanes) is 2. The fourth-order valence-corrected chi connectivity index (χ4v) is 5.45. The summed E-state index contributed by atoms with van der Waals surface area (Å²) in [7, 11) is 0.